The van der Waals surface area contributed by atoms with Crippen molar-refractivity contribution >= 4 is 23.6 Å². The van der Waals surface area contributed by atoms with E-state index in [1.165, 1.54) is 17.4 Å². The molecule has 2 heterocycles. The normalized spacial score (nSPS) is 15.3. The Morgan fingerprint density at radius 3 is 2.49 bits per heavy atom. The number of nitrogens with zero attached hydrogens (tertiary/aromatic N) is 5. The summed E-state index contributed by atoms with van der Waals surface area (Å²) in [5, 5.41) is 32.8. The van der Waals surface area contributed by atoms with Gasteiger partial charge in [-0.1, -0.05) is 37.3 Å². The van der Waals surface area contributed by atoms with E-state index in [9.17, 15) is 14.3 Å². The Hall–Kier alpha value is -4.70. The van der Waals surface area contributed by atoms with Crippen LogP contribution in [0.5, 0.6) is 5.75 Å². The summed E-state index contributed by atoms with van der Waals surface area (Å²) in [5.74, 6) is -2.14. The van der Waals surface area contributed by atoms with Gasteiger partial charge in [0.2, 0.25) is 0 Å². The standard InChI is InChI=1S/C35H36F2N6O3S/c1-21-12-26(13-22(2)32(21)46-34(44)24(4)39-5)16-42-19-40-43(20-42)18-35(45,29-11-10-28(36)14-30(29)37)23(3)33-41-31(17-47-33)27-8-6-25(15-38)7-9-27/h6-14,17,19,23-24,39,45H,16,18,20H2,1-5H3/t23-,24-,35+/m0/s1. The van der Waals surface area contributed by atoms with Crippen molar-refractivity contribution in [2.45, 2.75) is 51.8 Å². The first-order valence-electron chi connectivity index (χ1n) is 15.1. The summed E-state index contributed by atoms with van der Waals surface area (Å²) in [4.78, 5) is 19.0. The zero-order chi connectivity index (χ0) is 33.9. The number of likely N-dealkylation sites (N-methyl/N-ethyl adjacent to an activating group) is 1. The molecule has 0 saturated carbocycles. The topological polar surface area (TPSA) is 114 Å². The average molecular weight is 659 g/mol. The lowest BCUT2D eigenvalue weighted by molar-refractivity contribution is -0.136. The van der Waals surface area contributed by atoms with Gasteiger partial charge in [0, 0.05) is 35.0 Å². The first-order valence-corrected chi connectivity index (χ1v) is 16.0. The molecule has 0 aliphatic carbocycles. The molecule has 3 aromatic carbocycles. The number of ether oxygens (including phenoxy) is 1. The molecule has 47 heavy (non-hydrogen) atoms. The van der Waals surface area contributed by atoms with Crippen LogP contribution in [0.3, 0.4) is 0 Å². The molecule has 3 atom stereocenters. The first-order chi connectivity index (χ1) is 22.4. The number of hydrogen-bond donors (Lipinski definition) is 2. The summed E-state index contributed by atoms with van der Waals surface area (Å²) in [6.07, 6.45) is 1.66. The number of nitrogens with one attached hydrogen (secondary N) is 1. The average Bonchev–Trinajstić information content (AvgIpc) is 3.71. The second kappa shape index (κ2) is 14.0. The van der Waals surface area contributed by atoms with E-state index in [1.54, 1.807) is 56.5 Å². The molecular weight excluding hydrogens is 622 g/mol. The lowest BCUT2D eigenvalue weighted by atomic mass is 9.81. The molecule has 0 unspecified atom stereocenters. The highest BCUT2D eigenvalue weighted by atomic mass is 32.1. The minimum absolute atomic E-state index is 0.0563. The van der Waals surface area contributed by atoms with Crippen molar-refractivity contribution in [2.75, 3.05) is 20.3 Å². The molecule has 5 rings (SSSR count). The maximum Gasteiger partial charge on any atom is 0.328 e. The number of nitriles is 1. The van der Waals surface area contributed by atoms with Crippen molar-refractivity contribution in [1.29, 1.82) is 5.26 Å². The number of aromatic nitrogens is 1. The molecule has 1 aromatic heterocycles. The maximum atomic E-state index is 15.3. The smallest absolute Gasteiger partial charge is 0.328 e. The van der Waals surface area contributed by atoms with Crippen LogP contribution in [0.15, 0.2) is 65.1 Å². The Kier molecular flexibility index (Phi) is 10.0. The van der Waals surface area contributed by atoms with Crippen molar-refractivity contribution in [2.24, 2.45) is 5.10 Å². The number of aliphatic hydroxyl groups is 1. The van der Waals surface area contributed by atoms with E-state index in [1.807, 2.05) is 36.3 Å². The minimum Gasteiger partial charge on any atom is -0.425 e. The van der Waals surface area contributed by atoms with Gasteiger partial charge in [0.25, 0.3) is 0 Å². The highest BCUT2D eigenvalue weighted by Crippen LogP contribution is 2.41. The molecule has 0 bridgehead atoms. The number of halogens is 2. The van der Waals surface area contributed by atoms with Gasteiger partial charge >= 0.3 is 5.97 Å². The van der Waals surface area contributed by atoms with Crippen molar-refractivity contribution in [3.63, 3.8) is 0 Å². The highest BCUT2D eigenvalue weighted by Gasteiger charge is 2.43. The SMILES string of the molecule is CN[C@@H](C)C(=O)Oc1c(C)cc(CN2C=NN(C[C@](O)(c3ccc(F)cc3F)[C@@H](C)c3nc(-c4ccc(C#N)cc4)cs3)C2)cc1C. The Labute approximate surface area is 276 Å². The van der Waals surface area contributed by atoms with E-state index in [0.29, 0.717) is 35.2 Å². The van der Waals surface area contributed by atoms with E-state index in [0.717, 1.165) is 34.4 Å². The third kappa shape index (κ3) is 7.33. The number of rotatable bonds is 11. The van der Waals surface area contributed by atoms with E-state index in [-0.39, 0.29) is 18.1 Å². The van der Waals surface area contributed by atoms with E-state index in [4.69, 9.17) is 15.0 Å². The summed E-state index contributed by atoms with van der Waals surface area (Å²) >= 11 is 1.33. The van der Waals surface area contributed by atoms with E-state index >= 15 is 4.39 Å². The molecule has 0 spiro atoms. The van der Waals surface area contributed by atoms with Crippen LogP contribution in [0.1, 0.15) is 52.6 Å². The summed E-state index contributed by atoms with van der Waals surface area (Å²) in [6, 6.07) is 15.7. The fraction of sp³-hybridized carbons (Fsp3) is 0.314. The van der Waals surface area contributed by atoms with Gasteiger partial charge in [0.05, 0.1) is 28.9 Å². The number of aryl methyl sites for hydroxylation is 2. The van der Waals surface area contributed by atoms with Gasteiger partial charge in [0.15, 0.2) is 0 Å². The number of β-amino-alcohol motifs (C(OH)–C–C–N with tert-alkyl or cyclic N) is 1. The molecular formula is C35H36F2N6O3S. The zero-order valence-electron chi connectivity index (χ0n) is 26.8. The van der Waals surface area contributed by atoms with Crippen LogP contribution in [0.4, 0.5) is 8.78 Å². The molecule has 0 saturated heterocycles. The monoisotopic (exact) mass is 658 g/mol. The van der Waals surface area contributed by atoms with Crippen molar-refractivity contribution in [3.05, 3.63) is 104 Å². The maximum absolute atomic E-state index is 15.3. The predicted molar refractivity (Wildman–Crippen MR) is 177 cm³/mol. The largest absolute Gasteiger partial charge is 0.425 e. The fourth-order valence-electron chi connectivity index (χ4n) is 5.56. The number of thiazole rings is 1. The van der Waals surface area contributed by atoms with Crippen LogP contribution in [0.2, 0.25) is 0 Å². The Morgan fingerprint density at radius 2 is 1.85 bits per heavy atom. The molecule has 1 aliphatic heterocycles. The first kappa shape index (κ1) is 33.7. The highest BCUT2D eigenvalue weighted by molar-refractivity contribution is 7.10. The van der Waals surface area contributed by atoms with Crippen molar-refractivity contribution in [3.8, 4) is 23.1 Å². The lowest BCUT2D eigenvalue weighted by Gasteiger charge is -2.36. The number of esters is 1. The number of benzene rings is 3. The van der Waals surface area contributed by atoms with E-state index in [2.05, 4.69) is 16.5 Å². The number of carbonyl (C=O) groups is 1. The van der Waals surface area contributed by atoms with Gasteiger partial charge in [-0.25, -0.2) is 18.6 Å². The zero-order valence-corrected chi connectivity index (χ0v) is 27.6. The van der Waals surface area contributed by atoms with Gasteiger partial charge < -0.3 is 20.1 Å². The summed E-state index contributed by atoms with van der Waals surface area (Å²) in [6.45, 7) is 7.97. The third-order valence-electron chi connectivity index (χ3n) is 8.36. The minimum atomic E-state index is -1.83. The molecule has 2 N–H and O–H groups in total. The van der Waals surface area contributed by atoms with Crippen LogP contribution in [-0.4, -0.2) is 58.6 Å². The number of hydrazone groups is 1. The molecule has 12 heteroatoms. The van der Waals surface area contributed by atoms with E-state index < -0.39 is 29.2 Å². The third-order valence-corrected chi connectivity index (χ3v) is 9.39. The molecule has 0 radical (unpaired) electrons. The molecule has 244 valence electrons. The quantitative estimate of drug-likeness (QED) is 0.154. The summed E-state index contributed by atoms with van der Waals surface area (Å²) < 4.78 is 34.9. The van der Waals surface area contributed by atoms with Gasteiger partial charge in [-0.05, 0) is 62.7 Å². The van der Waals surface area contributed by atoms with Crippen LogP contribution in [0.25, 0.3) is 11.3 Å². The number of carbonyl (C=O) groups excluding carboxylic acids is 1. The summed E-state index contributed by atoms with van der Waals surface area (Å²) in [7, 11) is 1.70. The van der Waals surface area contributed by atoms with Gasteiger partial charge in [0.1, 0.15) is 42.0 Å². The molecule has 1 aliphatic rings. The molecule has 9 nitrogen and oxygen atoms in total. The lowest BCUT2D eigenvalue weighted by Crippen LogP contribution is -2.44. The van der Waals surface area contributed by atoms with Crippen LogP contribution < -0.4 is 10.1 Å². The van der Waals surface area contributed by atoms with Gasteiger partial charge in [-0.15, -0.1) is 11.3 Å². The van der Waals surface area contributed by atoms with Crippen LogP contribution >= 0.6 is 11.3 Å². The second-order valence-corrected chi connectivity index (χ2v) is 12.7. The Balaban J connectivity index is 1.35. The Bertz CT molecular complexity index is 1820. The molecule has 0 amide bonds. The molecule has 4 aromatic rings. The van der Waals surface area contributed by atoms with Crippen LogP contribution in [0, 0.1) is 36.8 Å². The molecule has 0 fully saturated rings. The van der Waals surface area contributed by atoms with Gasteiger partial charge in [-0.2, -0.15) is 10.4 Å². The van der Waals surface area contributed by atoms with Crippen molar-refractivity contribution < 1.29 is 23.4 Å². The predicted octanol–water partition coefficient (Wildman–Crippen LogP) is 5.80. The van der Waals surface area contributed by atoms with Gasteiger partial charge in [-0.3, -0.25) is 5.01 Å². The van der Waals surface area contributed by atoms with Crippen LogP contribution in [-0.2, 0) is 16.9 Å². The number of hydrogen-bond acceptors (Lipinski definition) is 10. The Morgan fingerprint density at radius 1 is 1.15 bits per heavy atom. The summed E-state index contributed by atoms with van der Waals surface area (Å²) in [5.41, 5.74) is 2.73. The second-order valence-electron chi connectivity index (χ2n) is 11.8. The fourth-order valence-corrected chi connectivity index (χ4v) is 6.53. The van der Waals surface area contributed by atoms with Crippen molar-refractivity contribution in [1.82, 2.24) is 20.2 Å².